The van der Waals surface area contributed by atoms with Crippen molar-refractivity contribution in [3.63, 3.8) is 0 Å². The largest absolute Gasteiger partial charge is 0.372 e. The van der Waals surface area contributed by atoms with Gasteiger partial charge in [-0.3, -0.25) is 0 Å². The molecule has 0 radical (unpaired) electrons. The molecule has 2 aliphatic rings. The van der Waals surface area contributed by atoms with Gasteiger partial charge >= 0.3 is 0 Å². The predicted octanol–water partition coefficient (Wildman–Crippen LogP) is 5.00. The van der Waals surface area contributed by atoms with Crippen LogP contribution in [0.15, 0.2) is 18.2 Å². The van der Waals surface area contributed by atoms with Crippen LogP contribution >= 0.6 is 0 Å². The van der Waals surface area contributed by atoms with Crippen molar-refractivity contribution in [3.8, 4) is 0 Å². The SMILES string of the molecule is CC(C)S(=O)(=O)CC1CCC(CCc2ccc(N3C[C@@H](C)O[C@@H](C)C3)c(F)c2)CC1. The molecule has 6 heteroatoms. The van der Waals surface area contributed by atoms with Crippen LogP contribution in [-0.4, -0.2) is 44.7 Å². The molecule has 0 amide bonds. The molecule has 170 valence electrons. The summed E-state index contributed by atoms with van der Waals surface area (Å²) in [5.41, 5.74) is 1.72. The number of nitrogens with zero attached hydrogens (tertiary/aromatic N) is 1. The van der Waals surface area contributed by atoms with Gasteiger partial charge in [-0.05, 0) is 82.9 Å². The maximum absolute atomic E-state index is 14.8. The molecule has 3 rings (SSSR count). The number of anilines is 1. The van der Waals surface area contributed by atoms with Crippen LogP contribution in [0.4, 0.5) is 10.1 Å². The zero-order valence-electron chi connectivity index (χ0n) is 18.9. The first-order valence-electron chi connectivity index (χ1n) is 11.5. The van der Waals surface area contributed by atoms with Crippen LogP contribution in [0.3, 0.4) is 0 Å². The molecule has 2 atom stereocenters. The lowest BCUT2D eigenvalue weighted by Gasteiger charge is -2.37. The zero-order chi connectivity index (χ0) is 21.9. The third-order valence-electron chi connectivity index (χ3n) is 6.77. The predicted molar refractivity (Wildman–Crippen MR) is 121 cm³/mol. The van der Waals surface area contributed by atoms with Crippen molar-refractivity contribution in [1.29, 1.82) is 0 Å². The van der Waals surface area contributed by atoms with Crippen molar-refractivity contribution in [2.75, 3.05) is 23.7 Å². The minimum absolute atomic E-state index is 0.110. The minimum Gasteiger partial charge on any atom is -0.372 e. The quantitative estimate of drug-likeness (QED) is 0.600. The maximum atomic E-state index is 14.8. The fourth-order valence-electron chi connectivity index (χ4n) is 4.92. The van der Waals surface area contributed by atoms with Crippen LogP contribution in [0, 0.1) is 17.7 Å². The lowest BCUT2D eigenvalue weighted by molar-refractivity contribution is -0.00539. The number of halogens is 1. The molecule has 0 spiro atoms. The first kappa shape index (κ1) is 23.5. The fourth-order valence-corrected chi connectivity index (χ4v) is 6.29. The average Bonchev–Trinajstić information content (AvgIpc) is 2.66. The molecule has 0 bridgehead atoms. The fraction of sp³-hybridized carbons (Fsp3) is 0.750. The van der Waals surface area contributed by atoms with Gasteiger partial charge in [-0.2, -0.15) is 0 Å². The van der Waals surface area contributed by atoms with E-state index in [9.17, 15) is 12.8 Å². The molecule has 0 N–H and O–H groups in total. The number of ether oxygens (including phenoxy) is 1. The lowest BCUT2D eigenvalue weighted by atomic mass is 9.80. The summed E-state index contributed by atoms with van der Waals surface area (Å²) in [6, 6.07) is 5.67. The van der Waals surface area contributed by atoms with Crippen molar-refractivity contribution in [2.45, 2.75) is 83.7 Å². The van der Waals surface area contributed by atoms with Gasteiger partial charge in [-0.15, -0.1) is 0 Å². The molecule has 1 heterocycles. The number of morpholine rings is 1. The van der Waals surface area contributed by atoms with Crippen LogP contribution in [0.2, 0.25) is 0 Å². The molecule has 30 heavy (non-hydrogen) atoms. The number of hydrogen-bond acceptors (Lipinski definition) is 4. The summed E-state index contributed by atoms with van der Waals surface area (Å²) in [6.07, 6.45) is 6.32. The van der Waals surface area contributed by atoms with Gasteiger partial charge in [0.1, 0.15) is 5.82 Å². The van der Waals surface area contributed by atoms with E-state index in [2.05, 4.69) is 11.0 Å². The van der Waals surface area contributed by atoms with Gasteiger partial charge in [-0.1, -0.05) is 18.9 Å². The molecule has 1 saturated heterocycles. The molecular formula is C24H38FNO3S. The van der Waals surface area contributed by atoms with E-state index in [0.717, 1.165) is 57.2 Å². The highest BCUT2D eigenvalue weighted by molar-refractivity contribution is 7.91. The Labute approximate surface area is 182 Å². The summed E-state index contributed by atoms with van der Waals surface area (Å²) in [7, 11) is -2.95. The average molecular weight is 440 g/mol. The smallest absolute Gasteiger partial charge is 0.152 e. The second-order valence-electron chi connectivity index (χ2n) is 9.75. The summed E-state index contributed by atoms with van der Waals surface area (Å²) in [5, 5.41) is -0.281. The van der Waals surface area contributed by atoms with Gasteiger partial charge in [-0.25, -0.2) is 12.8 Å². The third-order valence-corrected chi connectivity index (χ3v) is 9.14. The molecule has 0 unspecified atom stereocenters. The Bertz CT molecular complexity index is 793. The summed E-state index contributed by atoms with van der Waals surface area (Å²) < 4.78 is 44.9. The van der Waals surface area contributed by atoms with E-state index in [4.69, 9.17) is 4.74 Å². The van der Waals surface area contributed by atoms with Crippen LogP contribution in [0.5, 0.6) is 0 Å². The van der Waals surface area contributed by atoms with Gasteiger partial charge in [0, 0.05) is 13.1 Å². The Morgan fingerprint density at radius 1 is 1.07 bits per heavy atom. The van der Waals surface area contributed by atoms with Crippen molar-refractivity contribution in [1.82, 2.24) is 0 Å². The Hall–Kier alpha value is -1.14. The maximum Gasteiger partial charge on any atom is 0.152 e. The van der Waals surface area contributed by atoms with Gasteiger partial charge in [0.05, 0.1) is 28.9 Å². The topological polar surface area (TPSA) is 46.6 Å². The Balaban J connectivity index is 1.48. The number of aryl methyl sites for hydroxylation is 1. The number of hydrogen-bond donors (Lipinski definition) is 0. The van der Waals surface area contributed by atoms with E-state index < -0.39 is 9.84 Å². The second kappa shape index (κ2) is 9.99. The van der Waals surface area contributed by atoms with E-state index in [0.29, 0.717) is 23.3 Å². The summed E-state index contributed by atoms with van der Waals surface area (Å²) in [5.74, 6) is 1.12. The first-order valence-corrected chi connectivity index (χ1v) is 13.3. The molecule has 1 aromatic rings. The monoisotopic (exact) mass is 439 g/mol. The highest BCUT2D eigenvalue weighted by atomic mass is 32.2. The van der Waals surface area contributed by atoms with Crippen LogP contribution < -0.4 is 4.90 Å². The highest BCUT2D eigenvalue weighted by Gasteiger charge is 2.27. The number of rotatable bonds is 7. The normalized spacial score (nSPS) is 28.1. The summed E-state index contributed by atoms with van der Waals surface area (Å²) in [6.45, 7) is 9.04. The molecule has 1 saturated carbocycles. The van der Waals surface area contributed by atoms with E-state index >= 15 is 0 Å². The lowest BCUT2D eigenvalue weighted by Crippen LogP contribution is -2.45. The van der Waals surface area contributed by atoms with E-state index in [1.165, 1.54) is 0 Å². The van der Waals surface area contributed by atoms with Crippen molar-refractivity contribution in [3.05, 3.63) is 29.6 Å². The van der Waals surface area contributed by atoms with Gasteiger partial charge in [0.25, 0.3) is 0 Å². The molecule has 1 aliphatic heterocycles. The van der Waals surface area contributed by atoms with Gasteiger partial charge in [0.2, 0.25) is 0 Å². The number of sulfone groups is 1. The van der Waals surface area contributed by atoms with Crippen LogP contribution in [0.25, 0.3) is 0 Å². The summed E-state index contributed by atoms with van der Waals surface area (Å²) in [4.78, 5) is 2.09. The summed E-state index contributed by atoms with van der Waals surface area (Å²) >= 11 is 0. The first-order chi connectivity index (χ1) is 14.1. The molecule has 4 nitrogen and oxygen atoms in total. The van der Waals surface area contributed by atoms with Gasteiger partial charge < -0.3 is 9.64 Å². The standard InChI is InChI=1S/C24H38FNO3S/c1-17(2)30(27,28)16-22-9-6-20(7-10-22)5-8-21-11-12-24(23(25)13-21)26-14-18(3)29-19(4)15-26/h11-13,17-20,22H,5-10,14-16H2,1-4H3/t18-,19+,20?,22?. The van der Waals surface area contributed by atoms with Crippen molar-refractivity contribution < 1.29 is 17.5 Å². The van der Waals surface area contributed by atoms with Crippen molar-refractivity contribution in [2.24, 2.45) is 11.8 Å². The molecular weight excluding hydrogens is 401 g/mol. The molecule has 0 aromatic heterocycles. The molecule has 2 fully saturated rings. The molecule has 1 aliphatic carbocycles. The Kier molecular flexibility index (Phi) is 7.83. The van der Waals surface area contributed by atoms with Crippen LogP contribution in [0.1, 0.15) is 65.4 Å². The van der Waals surface area contributed by atoms with Crippen LogP contribution in [-0.2, 0) is 21.0 Å². The van der Waals surface area contributed by atoms with E-state index in [1.54, 1.807) is 19.9 Å². The van der Waals surface area contributed by atoms with E-state index in [1.807, 2.05) is 19.9 Å². The minimum atomic E-state index is -2.95. The van der Waals surface area contributed by atoms with E-state index in [-0.39, 0.29) is 23.3 Å². The Morgan fingerprint density at radius 2 is 1.67 bits per heavy atom. The van der Waals surface area contributed by atoms with Gasteiger partial charge in [0.15, 0.2) is 9.84 Å². The second-order valence-corrected chi connectivity index (χ2v) is 12.4. The molecule has 1 aromatic carbocycles. The Morgan fingerprint density at radius 3 is 2.23 bits per heavy atom. The third kappa shape index (κ3) is 6.19. The highest BCUT2D eigenvalue weighted by Crippen LogP contribution is 2.33. The zero-order valence-corrected chi connectivity index (χ0v) is 19.8. The number of benzene rings is 1. The van der Waals surface area contributed by atoms with Crippen molar-refractivity contribution >= 4 is 15.5 Å².